The van der Waals surface area contributed by atoms with Crippen LogP contribution < -0.4 is 0 Å². The molecule has 0 aromatic heterocycles. The SMILES string of the molecule is O=CCN1CCC(N2CCC2)C1. The molecule has 2 aliphatic rings. The summed E-state index contributed by atoms with van der Waals surface area (Å²) in [4.78, 5) is 15.0. The summed E-state index contributed by atoms with van der Waals surface area (Å²) < 4.78 is 0. The monoisotopic (exact) mass is 168 g/mol. The molecule has 2 fully saturated rings. The van der Waals surface area contributed by atoms with E-state index in [1.54, 1.807) is 0 Å². The van der Waals surface area contributed by atoms with Crippen molar-refractivity contribution in [2.45, 2.75) is 18.9 Å². The molecule has 2 rings (SSSR count). The van der Waals surface area contributed by atoms with Crippen LogP contribution in [0.5, 0.6) is 0 Å². The van der Waals surface area contributed by atoms with Gasteiger partial charge in [0.05, 0.1) is 6.54 Å². The van der Waals surface area contributed by atoms with Crippen molar-refractivity contribution in [3.63, 3.8) is 0 Å². The molecule has 68 valence electrons. The fourth-order valence-corrected chi connectivity index (χ4v) is 2.09. The van der Waals surface area contributed by atoms with Gasteiger partial charge in [0, 0.05) is 19.1 Å². The number of hydrogen-bond acceptors (Lipinski definition) is 3. The highest BCUT2D eigenvalue weighted by Gasteiger charge is 2.29. The molecule has 3 heteroatoms. The van der Waals surface area contributed by atoms with Crippen LogP contribution >= 0.6 is 0 Å². The zero-order chi connectivity index (χ0) is 8.39. The average molecular weight is 168 g/mol. The third-order valence-electron chi connectivity index (χ3n) is 2.99. The Hall–Kier alpha value is -0.410. The minimum Gasteiger partial charge on any atom is -0.302 e. The van der Waals surface area contributed by atoms with E-state index in [0.29, 0.717) is 6.54 Å². The maximum atomic E-state index is 10.3. The molecule has 0 aliphatic carbocycles. The van der Waals surface area contributed by atoms with E-state index in [1.165, 1.54) is 25.9 Å². The highest BCUT2D eigenvalue weighted by molar-refractivity contribution is 5.52. The summed E-state index contributed by atoms with van der Waals surface area (Å²) in [5.74, 6) is 0. The molecule has 0 aromatic rings. The van der Waals surface area contributed by atoms with E-state index in [9.17, 15) is 4.79 Å². The molecular weight excluding hydrogens is 152 g/mol. The lowest BCUT2D eigenvalue weighted by Gasteiger charge is -2.36. The van der Waals surface area contributed by atoms with Gasteiger partial charge < -0.3 is 4.79 Å². The van der Waals surface area contributed by atoms with Gasteiger partial charge in [-0.2, -0.15) is 0 Å². The van der Waals surface area contributed by atoms with E-state index in [0.717, 1.165) is 25.4 Å². The number of nitrogens with zero attached hydrogens (tertiary/aromatic N) is 2. The smallest absolute Gasteiger partial charge is 0.133 e. The van der Waals surface area contributed by atoms with Crippen molar-refractivity contribution in [1.82, 2.24) is 9.80 Å². The third-order valence-corrected chi connectivity index (χ3v) is 2.99. The van der Waals surface area contributed by atoms with E-state index in [1.807, 2.05) is 0 Å². The molecule has 0 saturated carbocycles. The second-order valence-electron chi connectivity index (χ2n) is 3.76. The summed E-state index contributed by atoms with van der Waals surface area (Å²) in [5.41, 5.74) is 0. The van der Waals surface area contributed by atoms with Crippen LogP contribution in [0.4, 0.5) is 0 Å². The van der Waals surface area contributed by atoms with Crippen LogP contribution in [0, 0.1) is 0 Å². The van der Waals surface area contributed by atoms with E-state index in [2.05, 4.69) is 9.80 Å². The van der Waals surface area contributed by atoms with Gasteiger partial charge in [0.1, 0.15) is 6.29 Å². The Morgan fingerprint density at radius 1 is 1.33 bits per heavy atom. The topological polar surface area (TPSA) is 23.6 Å². The standard InChI is InChI=1S/C9H16N2O/c12-7-6-10-5-2-9(8-10)11-3-1-4-11/h7,9H,1-6,8H2. The fourth-order valence-electron chi connectivity index (χ4n) is 2.09. The van der Waals surface area contributed by atoms with Gasteiger partial charge in [-0.25, -0.2) is 0 Å². The molecule has 0 bridgehead atoms. The Morgan fingerprint density at radius 3 is 2.75 bits per heavy atom. The summed E-state index contributed by atoms with van der Waals surface area (Å²) in [6.45, 7) is 5.40. The van der Waals surface area contributed by atoms with Gasteiger partial charge in [-0.15, -0.1) is 0 Å². The predicted molar refractivity (Wildman–Crippen MR) is 47.1 cm³/mol. The van der Waals surface area contributed by atoms with Gasteiger partial charge in [0.25, 0.3) is 0 Å². The van der Waals surface area contributed by atoms with Crippen molar-refractivity contribution in [3.8, 4) is 0 Å². The quantitative estimate of drug-likeness (QED) is 0.553. The molecule has 0 spiro atoms. The number of carbonyl (C=O) groups excluding carboxylic acids is 1. The highest BCUT2D eigenvalue weighted by atomic mass is 16.1. The van der Waals surface area contributed by atoms with Crippen molar-refractivity contribution < 1.29 is 4.79 Å². The van der Waals surface area contributed by atoms with Crippen LogP contribution in [0.3, 0.4) is 0 Å². The molecule has 0 aromatic carbocycles. The van der Waals surface area contributed by atoms with Crippen LogP contribution in [0.2, 0.25) is 0 Å². The molecule has 3 nitrogen and oxygen atoms in total. The summed E-state index contributed by atoms with van der Waals surface area (Å²) in [6.07, 6.45) is 3.64. The molecule has 1 unspecified atom stereocenters. The average Bonchev–Trinajstić information content (AvgIpc) is 2.34. The summed E-state index contributed by atoms with van der Waals surface area (Å²) in [6, 6.07) is 0.749. The van der Waals surface area contributed by atoms with Gasteiger partial charge in [0.2, 0.25) is 0 Å². The number of aldehydes is 1. The molecular formula is C9H16N2O. The Kier molecular flexibility index (Phi) is 2.42. The molecule has 2 saturated heterocycles. The summed E-state index contributed by atoms with van der Waals surface area (Å²) in [5, 5.41) is 0. The van der Waals surface area contributed by atoms with Crippen molar-refractivity contribution in [1.29, 1.82) is 0 Å². The molecule has 2 aliphatic heterocycles. The first-order valence-corrected chi connectivity index (χ1v) is 4.80. The predicted octanol–water partition coefficient (Wildman–Crippen LogP) is -0.0347. The zero-order valence-electron chi connectivity index (χ0n) is 7.41. The number of rotatable bonds is 3. The molecule has 12 heavy (non-hydrogen) atoms. The number of likely N-dealkylation sites (tertiary alicyclic amines) is 2. The minimum absolute atomic E-state index is 0.629. The van der Waals surface area contributed by atoms with Crippen molar-refractivity contribution in [2.75, 3.05) is 32.7 Å². The second-order valence-corrected chi connectivity index (χ2v) is 3.76. The highest BCUT2D eigenvalue weighted by Crippen LogP contribution is 2.19. The zero-order valence-corrected chi connectivity index (χ0v) is 7.41. The maximum absolute atomic E-state index is 10.3. The van der Waals surface area contributed by atoms with Crippen molar-refractivity contribution in [2.24, 2.45) is 0 Å². The van der Waals surface area contributed by atoms with E-state index < -0.39 is 0 Å². The maximum Gasteiger partial charge on any atom is 0.133 e. The molecule has 0 N–H and O–H groups in total. The molecule has 2 heterocycles. The number of carbonyl (C=O) groups is 1. The lowest BCUT2D eigenvalue weighted by atomic mass is 10.1. The van der Waals surface area contributed by atoms with Gasteiger partial charge >= 0.3 is 0 Å². The first-order chi connectivity index (χ1) is 5.90. The van der Waals surface area contributed by atoms with Crippen molar-refractivity contribution >= 4 is 6.29 Å². The molecule has 0 amide bonds. The Bertz CT molecular complexity index is 168. The third kappa shape index (κ3) is 1.52. The first kappa shape index (κ1) is 8.20. The Morgan fingerprint density at radius 2 is 2.17 bits per heavy atom. The molecule has 1 atom stereocenters. The van der Waals surface area contributed by atoms with E-state index >= 15 is 0 Å². The normalized spacial score (nSPS) is 31.8. The van der Waals surface area contributed by atoms with Crippen LogP contribution in [0.15, 0.2) is 0 Å². The summed E-state index contributed by atoms with van der Waals surface area (Å²) in [7, 11) is 0. The van der Waals surface area contributed by atoms with Gasteiger partial charge in [-0.1, -0.05) is 0 Å². The van der Waals surface area contributed by atoms with Gasteiger partial charge in [0.15, 0.2) is 0 Å². The molecule has 0 radical (unpaired) electrons. The second kappa shape index (κ2) is 3.54. The van der Waals surface area contributed by atoms with Crippen LogP contribution in [-0.2, 0) is 4.79 Å². The van der Waals surface area contributed by atoms with Crippen LogP contribution in [0.1, 0.15) is 12.8 Å². The fraction of sp³-hybridized carbons (Fsp3) is 0.889. The van der Waals surface area contributed by atoms with Crippen LogP contribution in [0.25, 0.3) is 0 Å². The van der Waals surface area contributed by atoms with Crippen molar-refractivity contribution in [3.05, 3.63) is 0 Å². The number of hydrogen-bond donors (Lipinski definition) is 0. The van der Waals surface area contributed by atoms with E-state index in [4.69, 9.17) is 0 Å². The first-order valence-electron chi connectivity index (χ1n) is 4.80. The largest absolute Gasteiger partial charge is 0.302 e. The Labute approximate surface area is 73.3 Å². The summed E-state index contributed by atoms with van der Waals surface area (Å²) >= 11 is 0. The van der Waals surface area contributed by atoms with Gasteiger partial charge in [-0.05, 0) is 25.9 Å². The lowest BCUT2D eigenvalue weighted by Crippen LogP contribution is -2.46. The van der Waals surface area contributed by atoms with E-state index in [-0.39, 0.29) is 0 Å². The van der Waals surface area contributed by atoms with Gasteiger partial charge in [-0.3, -0.25) is 9.80 Å². The minimum atomic E-state index is 0.629. The van der Waals surface area contributed by atoms with Crippen LogP contribution in [-0.4, -0.2) is 54.9 Å². The lowest BCUT2D eigenvalue weighted by molar-refractivity contribution is -0.108. The Balaban J connectivity index is 1.77.